The highest BCUT2D eigenvalue weighted by Crippen LogP contribution is 2.40. The van der Waals surface area contributed by atoms with Crippen LogP contribution in [-0.4, -0.2) is 22.0 Å². The summed E-state index contributed by atoms with van der Waals surface area (Å²) in [4.78, 5) is 21.2. The lowest BCUT2D eigenvalue weighted by molar-refractivity contribution is -0.124. The van der Waals surface area contributed by atoms with E-state index >= 15 is 0 Å². The maximum absolute atomic E-state index is 13.7. The number of amidine groups is 1. The fourth-order valence-electron chi connectivity index (χ4n) is 4.77. The molecule has 2 fully saturated rings. The zero-order valence-electron chi connectivity index (χ0n) is 20.6. The topological polar surface area (TPSA) is 41.9 Å². The average molecular weight is 580 g/mol. The normalized spacial score (nSPS) is 22.1. The van der Waals surface area contributed by atoms with Crippen molar-refractivity contribution >= 4 is 50.5 Å². The Kier molecular flexibility index (Phi) is 8.11. The first-order valence-electron chi connectivity index (χ1n) is 12.5. The van der Waals surface area contributed by atoms with Crippen molar-refractivity contribution in [1.29, 1.82) is 0 Å². The summed E-state index contributed by atoms with van der Waals surface area (Å²) < 4.78 is 19.8. The summed E-state index contributed by atoms with van der Waals surface area (Å²) in [6, 6.07) is 22.0. The van der Waals surface area contributed by atoms with Crippen molar-refractivity contribution in [2.45, 2.75) is 45.3 Å². The van der Waals surface area contributed by atoms with Crippen molar-refractivity contribution in [3.63, 3.8) is 0 Å². The van der Waals surface area contributed by atoms with Gasteiger partial charge in [0.1, 0.15) is 18.2 Å². The van der Waals surface area contributed by atoms with Crippen LogP contribution in [0.25, 0.3) is 6.08 Å². The van der Waals surface area contributed by atoms with Crippen LogP contribution in [0.5, 0.6) is 5.75 Å². The summed E-state index contributed by atoms with van der Waals surface area (Å²) >= 11 is 5.04. The molecule has 1 saturated heterocycles. The molecule has 0 bridgehead atoms. The van der Waals surface area contributed by atoms with Gasteiger partial charge in [-0.3, -0.25) is 9.69 Å². The van der Waals surface area contributed by atoms with Crippen molar-refractivity contribution in [3.8, 4) is 5.75 Å². The lowest BCUT2D eigenvalue weighted by atomic mass is 9.85. The standard InChI is InChI=1S/C30H28BrFN2O2S/c1-20-7-5-6-10-26(20)34-29(35)28(37-30(34)33-24-8-3-2-4-9-24)18-22-13-16-27(25(31)17-22)36-19-21-11-14-23(32)15-12-21/h2-4,8-9,11-18,20,26H,5-7,10,19H2,1H3/b28-18-,33-30?/t20-,26+/m1/s1. The van der Waals surface area contributed by atoms with Crippen molar-refractivity contribution in [2.24, 2.45) is 10.9 Å². The fraction of sp³-hybridized carbons (Fsp3) is 0.267. The van der Waals surface area contributed by atoms with E-state index in [1.54, 1.807) is 12.1 Å². The van der Waals surface area contributed by atoms with Gasteiger partial charge < -0.3 is 4.74 Å². The van der Waals surface area contributed by atoms with Gasteiger partial charge in [0.15, 0.2) is 5.17 Å². The Morgan fingerprint density at radius 2 is 1.84 bits per heavy atom. The molecule has 1 aliphatic heterocycles. The Bertz CT molecular complexity index is 1330. The first-order valence-corrected chi connectivity index (χ1v) is 14.1. The molecule has 1 heterocycles. The molecule has 0 unspecified atom stereocenters. The minimum Gasteiger partial charge on any atom is -0.488 e. The van der Waals surface area contributed by atoms with Crippen molar-refractivity contribution in [2.75, 3.05) is 0 Å². The number of amides is 1. The summed E-state index contributed by atoms with van der Waals surface area (Å²) in [5.41, 5.74) is 2.63. The number of aliphatic imine (C=N–C) groups is 1. The number of hydrogen-bond donors (Lipinski definition) is 0. The van der Waals surface area contributed by atoms with E-state index in [0.29, 0.717) is 23.2 Å². The van der Waals surface area contributed by atoms with Crippen LogP contribution in [0.4, 0.5) is 10.1 Å². The molecule has 0 spiro atoms. The fourth-order valence-corrected chi connectivity index (χ4v) is 6.32. The Balaban J connectivity index is 1.38. The molecule has 2 atom stereocenters. The Morgan fingerprint density at radius 3 is 2.57 bits per heavy atom. The molecule has 3 aromatic carbocycles. The number of para-hydroxylation sites is 1. The Morgan fingerprint density at radius 1 is 1.08 bits per heavy atom. The molecule has 1 amide bonds. The molecule has 2 aliphatic rings. The summed E-state index contributed by atoms with van der Waals surface area (Å²) in [5.74, 6) is 0.868. The summed E-state index contributed by atoms with van der Waals surface area (Å²) in [6.07, 6.45) is 6.40. The monoisotopic (exact) mass is 578 g/mol. The number of nitrogens with zero attached hydrogens (tertiary/aromatic N) is 2. The summed E-state index contributed by atoms with van der Waals surface area (Å²) in [6.45, 7) is 2.58. The number of rotatable bonds is 6. The van der Waals surface area contributed by atoms with Gasteiger partial charge in [-0.25, -0.2) is 9.38 Å². The molecular formula is C30H28BrFN2O2S. The van der Waals surface area contributed by atoms with E-state index < -0.39 is 0 Å². The molecule has 7 heteroatoms. The van der Waals surface area contributed by atoms with Crippen LogP contribution in [0.3, 0.4) is 0 Å². The maximum atomic E-state index is 13.7. The second-order valence-corrected chi connectivity index (χ2v) is 11.3. The summed E-state index contributed by atoms with van der Waals surface area (Å²) in [7, 11) is 0. The van der Waals surface area contributed by atoms with Gasteiger partial charge in [-0.2, -0.15) is 0 Å². The third-order valence-corrected chi connectivity index (χ3v) is 8.38. The second kappa shape index (κ2) is 11.7. The van der Waals surface area contributed by atoms with E-state index in [9.17, 15) is 9.18 Å². The van der Waals surface area contributed by atoms with Crippen LogP contribution in [0.1, 0.15) is 43.7 Å². The van der Waals surface area contributed by atoms with Crippen LogP contribution < -0.4 is 4.74 Å². The Labute approximate surface area is 229 Å². The number of ether oxygens (including phenoxy) is 1. The SMILES string of the molecule is C[C@@H]1CCCC[C@@H]1N1C(=O)/C(=C/c2ccc(OCc3ccc(F)cc3)c(Br)c2)SC1=Nc1ccccc1. The highest BCUT2D eigenvalue weighted by Gasteiger charge is 2.41. The molecular weight excluding hydrogens is 551 g/mol. The summed E-state index contributed by atoms with van der Waals surface area (Å²) in [5, 5.41) is 0.750. The van der Waals surface area contributed by atoms with E-state index in [2.05, 4.69) is 22.9 Å². The average Bonchev–Trinajstić information content (AvgIpc) is 3.19. The third kappa shape index (κ3) is 6.16. The molecule has 0 aromatic heterocycles. The van der Waals surface area contributed by atoms with Gasteiger partial charge >= 0.3 is 0 Å². The number of benzene rings is 3. The molecule has 0 radical (unpaired) electrons. The van der Waals surface area contributed by atoms with E-state index in [-0.39, 0.29) is 17.8 Å². The number of carbonyl (C=O) groups is 1. The smallest absolute Gasteiger partial charge is 0.267 e. The quantitative estimate of drug-likeness (QED) is 0.276. The molecule has 3 aromatic rings. The minimum absolute atomic E-state index is 0.0196. The van der Waals surface area contributed by atoms with Gasteiger partial charge in [-0.1, -0.05) is 56.2 Å². The number of thioether (sulfide) groups is 1. The van der Waals surface area contributed by atoms with Gasteiger partial charge in [0.2, 0.25) is 0 Å². The van der Waals surface area contributed by atoms with Gasteiger partial charge in [-0.15, -0.1) is 0 Å². The minimum atomic E-state index is -0.268. The van der Waals surface area contributed by atoms with Crippen LogP contribution >= 0.6 is 27.7 Å². The van der Waals surface area contributed by atoms with Gasteiger partial charge in [0, 0.05) is 6.04 Å². The maximum Gasteiger partial charge on any atom is 0.267 e. The molecule has 1 saturated carbocycles. The highest BCUT2D eigenvalue weighted by molar-refractivity contribution is 9.10. The lowest BCUT2D eigenvalue weighted by Crippen LogP contribution is -2.44. The molecule has 4 nitrogen and oxygen atoms in total. The van der Waals surface area contributed by atoms with E-state index in [4.69, 9.17) is 9.73 Å². The first-order chi connectivity index (χ1) is 18.0. The number of halogens is 2. The van der Waals surface area contributed by atoms with E-state index in [1.807, 2.05) is 59.5 Å². The second-order valence-electron chi connectivity index (χ2n) is 9.45. The van der Waals surface area contributed by atoms with Gasteiger partial charge in [0.05, 0.1) is 15.1 Å². The van der Waals surface area contributed by atoms with Crippen LogP contribution in [0.15, 0.2) is 87.2 Å². The zero-order valence-corrected chi connectivity index (χ0v) is 23.0. The number of carbonyl (C=O) groups excluding carboxylic acids is 1. The molecule has 5 rings (SSSR count). The lowest BCUT2D eigenvalue weighted by Gasteiger charge is -2.35. The zero-order chi connectivity index (χ0) is 25.8. The molecule has 1 aliphatic carbocycles. The largest absolute Gasteiger partial charge is 0.488 e. The molecule has 37 heavy (non-hydrogen) atoms. The third-order valence-electron chi connectivity index (χ3n) is 6.78. The molecule has 190 valence electrons. The van der Waals surface area contributed by atoms with Crippen molar-refractivity contribution in [3.05, 3.63) is 99.1 Å². The predicted octanol–water partition coefficient (Wildman–Crippen LogP) is 8.35. The van der Waals surface area contributed by atoms with E-state index in [0.717, 1.165) is 45.7 Å². The molecule has 0 N–H and O–H groups in total. The van der Waals surface area contributed by atoms with Gasteiger partial charge in [-0.05, 0) is 100 Å². The van der Waals surface area contributed by atoms with Crippen LogP contribution in [-0.2, 0) is 11.4 Å². The highest BCUT2D eigenvalue weighted by atomic mass is 79.9. The van der Waals surface area contributed by atoms with Crippen LogP contribution in [0, 0.1) is 11.7 Å². The van der Waals surface area contributed by atoms with Crippen molar-refractivity contribution < 1.29 is 13.9 Å². The van der Waals surface area contributed by atoms with Gasteiger partial charge in [0.25, 0.3) is 5.91 Å². The van der Waals surface area contributed by atoms with Crippen molar-refractivity contribution in [1.82, 2.24) is 4.90 Å². The Hall–Kier alpha value is -2.90. The first kappa shape index (κ1) is 25.7. The predicted molar refractivity (Wildman–Crippen MR) is 152 cm³/mol. The van der Waals surface area contributed by atoms with Crippen LogP contribution in [0.2, 0.25) is 0 Å². The van der Waals surface area contributed by atoms with E-state index in [1.165, 1.54) is 30.3 Å². The number of hydrogen-bond acceptors (Lipinski definition) is 4.